The van der Waals surface area contributed by atoms with Crippen LogP contribution in [0.4, 0.5) is 5.69 Å². The minimum absolute atomic E-state index is 0.0282. The van der Waals surface area contributed by atoms with Crippen LogP contribution in [-0.4, -0.2) is 66.3 Å². The summed E-state index contributed by atoms with van der Waals surface area (Å²) in [5.41, 5.74) is 17.1. The first-order chi connectivity index (χ1) is 44.6. The van der Waals surface area contributed by atoms with Gasteiger partial charge in [-0.2, -0.15) is 0 Å². The molecule has 8 aromatic carbocycles. The summed E-state index contributed by atoms with van der Waals surface area (Å²) >= 11 is 0. The van der Waals surface area contributed by atoms with E-state index < -0.39 is 0 Å². The SMILES string of the molecule is CCCCn1c2c(c3cc(N(C=C(c4ccc(OC)cc4)c4ccc(OC)cc4)C=C(c4ccc(OC)cc4)c4ccc(OC)cc4)ccc31)C=C(N(C=C(c1ccc(OC)cc1)c1ccc(OC)cc1)/C=C(\c1ccc(OC)cc1)C1C=CC(OC)=CC1)CC2. The van der Waals surface area contributed by atoms with Crippen LogP contribution in [-0.2, 0) is 17.7 Å². The first kappa shape index (κ1) is 62.1. The van der Waals surface area contributed by atoms with Crippen molar-refractivity contribution in [3.05, 3.63) is 293 Å². The van der Waals surface area contributed by atoms with Gasteiger partial charge in [-0.25, -0.2) is 0 Å². The van der Waals surface area contributed by atoms with Gasteiger partial charge >= 0.3 is 0 Å². The largest absolute Gasteiger partial charge is 0.497 e. The molecule has 11 nitrogen and oxygen atoms in total. The normalized spacial score (nSPS) is 13.4. The highest BCUT2D eigenvalue weighted by molar-refractivity contribution is 5.96. The van der Waals surface area contributed by atoms with E-state index in [-0.39, 0.29) is 5.92 Å². The van der Waals surface area contributed by atoms with Gasteiger partial charge in [0.25, 0.3) is 0 Å². The number of methoxy groups -OCH3 is 8. The Hall–Kier alpha value is -10.5. The monoisotopic (exact) mass is 1210 g/mol. The second-order valence-electron chi connectivity index (χ2n) is 22.3. The van der Waals surface area contributed by atoms with Gasteiger partial charge in [0.2, 0.25) is 0 Å². The molecule has 91 heavy (non-hydrogen) atoms. The molecule has 0 saturated carbocycles. The summed E-state index contributed by atoms with van der Waals surface area (Å²) in [6.07, 6.45) is 22.6. The van der Waals surface area contributed by atoms with E-state index in [4.69, 9.17) is 37.9 Å². The molecule has 1 heterocycles. The second-order valence-corrected chi connectivity index (χ2v) is 22.3. The topological polar surface area (TPSA) is 85.3 Å². The Morgan fingerprint density at radius 1 is 0.440 bits per heavy atom. The number of rotatable bonds is 25. The van der Waals surface area contributed by atoms with Gasteiger partial charge in [0, 0.05) is 87.5 Å². The summed E-state index contributed by atoms with van der Waals surface area (Å²) in [6, 6.07) is 65.1. The lowest BCUT2D eigenvalue weighted by atomic mass is 9.87. The fraction of sp³-hybridized carbons (Fsp3) is 0.200. The third kappa shape index (κ3) is 14.2. The Labute approximate surface area is 535 Å². The van der Waals surface area contributed by atoms with E-state index in [1.807, 2.05) is 84.9 Å². The van der Waals surface area contributed by atoms with Crippen molar-refractivity contribution >= 4 is 45.0 Å². The average molecular weight is 1210 g/mol. The molecule has 0 fully saturated rings. The summed E-state index contributed by atoms with van der Waals surface area (Å²) in [5, 5.41) is 1.15. The molecule has 0 spiro atoms. The fourth-order valence-corrected chi connectivity index (χ4v) is 12.0. The van der Waals surface area contributed by atoms with Gasteiger partial charge < -0.3 is 52.3 Å². The molecule has 0 N–H and O–H groups in total. The number of allylic oxidation sites excluding steroid dienone is 5. The second kappa shape index (κ2) is 29.2. The average Bonchev–Trinajstić information content (AvgIpc) is 1.64. The molecular formula is C80H79N3O8. The summed E-state index contributed by atoms with van der Waals surface area (Å²) in [6.45, 7) is 3.16. The van der Waals surface area contributed by atoms with Crippen molar-refractivity contribution < 1.29 is 37.9 Å². The first-order valence-electron chi connectivity index (χ1n) is 30.9. The zero-order chi connectivity index (χ0) is 63.2. The molecule has 1 atom stereocenters. The fourth-order valence-electron chi connectivity index (χ4n) is 12.0. The molecule has 0 amide bonds. The minimum Gasteiger partial charge on any atom is -0.497 e. The van der Waals surface area contributed by atoms with Crippen LogP contribution in [0.1, 0.15) is 82.8 Å². The third-order valence-corrected chi connectivity index (χ3v) is 17.1. The van der Waals surface area contributed by atoms with Crippen LogP contribution in [0.2, 0.25) is 0 Å². The molecule has 9 aromatic rings. The number of aromatic nitrogens is 1. The Bertz CT molecular complexity index is 3910. The van der Waals surface area contributed by atoms with Crippen molar-refractivity contribution in [3.63, 3.8) is 0 Å². The van der Waals surface area contributed by atoms with Crippen LogP contribution in [0.25, 0.3) is 39.3 Å². The summed E-state index contributed by atoms with van der Waals surface area (Å²) in [4.78, 5) is 4.67. The lowest BCUT2D eigenvalue weighted by Gasteiger charge is -2.29. The number of hydrogen-bond donors (Lipinski definition) is 0. The van der Waals surface area contributed by atoms with Crippen LogP contribution in [0.3, 0.4) is 0 Å². The summed E-state index contributed by atoms with van der Waals surface area (Å²) in [5.74, 6) is 6.33. The predicted octanol–water partition coefficient (Wildman–Crippen LogP) is 18.3. The standard InChI is InChI=1S/C80H79N3O8/c1-10-11-48-83-79-46-28-63(81(51-75(55-12-30-65(84-2)31-13-55)56-14-32-66(85-3)33-15-56)52-76(57-16-34-67(86-4)35-17-57)58-18-36-68(87-5)37-19-58)49-73(79)74-50-64(29-47-80(74)83)82(53-77(59-20-38-69(88-6)39-21-59)60-22-40-70(89-7)41-23-60)54-78(61-24-42-71(90-8)43-25-61)62-26-44-72(91-9)45-27-62/h12-26,28,30-46,49-54,62H,10-11,27,29,47-48H2,1-9H3/b78-54+. The number of unbranched alkanes of at least 4 members (excludes halogenated alkanes) is 1. The highest BCUT2D eigenvalue weighted by Crippen LogP contribution is 2.42. The van der Waals surface area contributed by atoms with Crippen molar-refractivity contribution in [3.8, 4) is 40.2 Å². The van der Waals surface area contributed by atoms with Crippen LogP contribution in [0.15, 0.2) is 243 Å². The maximum absolute atomic E-state index is 5.75. The molecule has 11 rings (SSSR count). The van der Waals surface area contributed by atoms with E-state index in [1.165, 1.54) is 16.8 Å². The predicted molar refractivity (Wildman–Crippen MR) is 370 cm³/mol. The highest BCUT2D eigenvalue weighted by atomic mass is 16.5. The number of nitrogens with zero attached hydrogens (tertiary/aromatic N) is 3. The summed E-state index contributed by atoms with van der Waals surface area (Å²) in [7, 11) is 13.6. The lowest BCUT2D eigenvalue weighted by molar-refractivity contribution is 0.302. The zero-order valence-corrected chi connectivity index (χ0v) is 53.4. The Kier molecular flexibility index (Phi) is 19.9. The van der Waals surface area contributed by atoms with Crippen LogP contribution >= 0.6 is 0 Å². The number of hydrogen-bond acceptors (Lipinski definition) is 10. The van der Waals surface area contributed by atoms with Gasteiger partial charge in [-0.15, -0.1) is 0 Å². The molecule has 2 aliphatic rings. The molecule has 0 radical (unpaired) electrons. The van der Waals surface area contributed by atoms with Gasteiger partial charge in [0.1, 0.15) is 46.0 Å². The van der Waals surface area contributed by atoms with Crippen molar-refractivity contribution in [1.82, 2.24) is 9.47 Å². The van der Waals surface area contributed by atoms with Crippen molar-refractivity contribution in [2.24, 2.45) is 5.92 Å². The molecule has 0 aliphatic heterocycles. The van der Waals surface area contributed by atoms with Crippen LogP contribution < -0.4 is 38.1 Å². The molecule has 462 valence electrons. The van der Waals surface area contributed by atoms with Gasteiger partial charge in [-0.3, -0.25) is 0 Å². The van der Waals surface area contributed by atoms with Gasteiger partial charge in [-0.1, -0.05) is 104 Å². The number of benzene rings is 8. The highest BCUT2D eigenvalue weighted by Gasteiger charge is 2.26. The Balaban J connectivity index is 1.17. The molecule has 0 saturated heterocycles. The van der Waals surface area contributed by atoms with E-state index in [2.05, 4.69) is 174 Å². The van der Waals surface area contributed by atoms with E-state index in [0.717, 1.165) is 163 Å². The van der Waals surface area contributed by atoms with Crippen molar-refractivity contribution in [1.29, 1.82) is 0 Å². The number of anilines is 1. The molecular weight excluding hydrogens is 1130 g/mol. The molecule has 1 aromatic heterocycles. The molecule has 1 unspecified atom stereocenters. The van der Waals surface area contributed by atoms with Crippen LogP contribution in [0.5, 0.6) is 40.2 Å². The first-order valence-corrected chi connectivity index (χ1v) is 30.9. The molecule has 2 aliphatic carbocycles. The van der Waals surface area contributed by atoms with Gasteiger partial charge in [0.15, 0.2) is 0 Å². The van der Waals surface area contributed by atoms with E-state index in [9.17, 15) is 0 Å². The summed E-state index contributed by atoms with van der Waals surface area (Å²) < 4.78 is 48.3. The van der Waals surface area contributed by atoms with E-state index >= 15 is 0 Å². The van der Waals surface area contributed by atoms with Crippen LogP contribution in [0, 0.1) is 5.92 Å². The van der Waals surface area contributed by atoms with Crippen molar-refractivity contribution in [2.75, 3.05) is 61.8 Å². The van der Waals surface area contributed by atoms with Gasteiger partial charge in [-0.05, 0) is 192 Å². The van der Waals surface area contributed by atoms with Crippen molar-refractivity contribution in [2.45, 2.75) is 45.6 Å². The zero-order valence-electron chi connectivity index (χ0n) is 53.4. The maximum Gasteiger partial charge on any atom is 0.118 e. The number of ether oxygens (including phenoxy) is 8. The third-order valence-electron chi connectivity index (χ3n) is 17.1. The molecule has 11 heteroatoms. The van der Waals surface area contributed by atoms with Gasteiger partial charge in [0.05, 0.1) is 56.9 Å². The lowest BCUT2D eigenvalue weighted by Crippen LogP contribution is -2.17. The maximum atomic E-state index is 5.75. The quantitative estimate of drug-likeness (QED) is 0.0552. The Morgan fingerprint density at radius 3 is 1.18 bits per heavy atom. The molecule has 0 bridgehead atoms. The smallest absolute Gasteiger partial charge is 0.118 e. The number of fused-ring (bicyclic) bond motifs is 3. The van der Waals surface area contributed by atoms with E-state index in [0.29, 0.717) is 0 Å². The van der Waals surface area contributed by atoms with E-state index in [1.54, 1.807) is 56.9 Å². The number of aryl methyl sites for hydroxylation is 1. The Morgan fingerprint density at radius 2 is 0.824 bits per heavy atom. The minimum atomic E-state index is 0.0282.